The van der Waals surface area contributed by atoms with Crippen molar-refractivity contribution in [3.05, 3.63) is 0 Å². The number of aliphatic carboxylic acids is 2. The molecule has 0 aliphatic heterocycles. The van der Waals surface area contributed by atoms with Gasteiger partial charge in [0.15, 0.2) is 0 Å². The number of carboxylic acid groups (broad SMARTS) is 2. The van der Waals surface area contributed by atoms with E-state index in [1.807, 2.05) is 12.2 Å². The molecule has 0 heterocycles. The second kappa shape index (κ2) is 10.2. The summed E-state index contributed by atoms with van der Waals surface area (Å²) in [4.78, 5) is 56.9. The van der Waals surface area contributed by atoms with E-state index in [1.165, 1.54) is 0 Å². The largest absolute Gasteiger partial charge is 0.481 e. The van der Waals surface area contributed by atoms with Gasteiger partial charge >= 0.3 is 11.9 Å². The Morgan fingerprint density at radius 2 is 1.48 bits per heavy atom. The van der Waals surface area contributed by atoms with Gasteiger partial charge in [-0.2, -0.15) is 0 Å². The van der Waals surface area contributed by atoms with Gasteiger partial charge in [-0.05, 0) is 5.92 Å². The van der Waals surface area contributed by atoms with Crippen LogP contribution in [0, 0.1) is 5.92 Å². The van der Waals surface area contributed by atoms with Crippen LogP contribution in [0.3, 0.4) is 0 Å². The van der Waals surface area contributed by atoms with Gasteiger partial charge in [0.1, 0.15) is 12.1 Å². The predicted octanol–water partition coefficient (Wildman–Crippen LogP) is -2.24. The Morgan fingerprint density at radius 1 is 0.960 bits per heavy atom. The fraction of sp³-hybridized carbons (Fsp3) is 0.643. The van der Waals surface area contributed by atoms with E-state index in [1.54, 1.807) is 6.92 Å². The number of hydrogen-bond acceptors (Lipinski definition) is 6. The minimum Gasteiger partial charge on any atom is -0.481 e. The first-order valence-electron chi connectivity index (χ1n) is 7.58. The molecule has 11 heteroatoms. The van der Waals surface area contributed by atoms with E-state index < -0.39 is 60.6 Å². The number of rotatable bonds is 11. The smallest absolute Gasteiger partial charge is 0.326 e. The van der Waals surface area contributed by atoms with Crippen molar-refractivity contribution in [1.82, 2.24) is 10.6 Å². The summed E-state index contributed by atoms with van der Waals surface area (Å²) < 4.78 is 0. The van der Waals surface area contributed by atoms with Crippen LogP contribution in [0.2, 0.25) is 0 Å². The molecular formula is C14H24N4O7. The van der Waals surface area contributed by atoms with Crippen molar-refractivity contribution < 1.29 is 34.2 Å². The van der Waals surface area contributed by atoms with Crippen molar-refractivity contribution in [2.45, 2.75) is 51.2 Å². The summed E-state index contributed by atoms with van der Waals surface area (Å²) in [6, 6.07) is -4.13. The fourth-order valence-electron chi connectivity index (χ4n) is 1.84. The fourth-order valence-corrected chi connectivity index (χ4v) is 1.84. The highest BCUT2D eigenvalue weighted by molar-refractivity contribution is 5.95. The highest BCUT2D eigenvalue weighted by Crippen LogP contribution is 2.06. The summed E-state index contributed by atoms with van der Waals surface area (Å²) in [7, 11) is 0. The summed E-state index contributed by atoms with van der Waals surface area (Å²) in [5.74, 6) is -5.88. The summed E-state index contributed by atoms with van der Waals surface area (Å²) in [6.45, 7) is 3.54. The van der Waals surface area contributed by atoms with E-state index in [0.29, 0.717) is 6.42 Å². The van der Waals surface area contributed by atoms with Crippen molar-refractivity contribution in [2.75, 3.05) is 0 Å². The minimum absolute atomic E-state index is 0.198. The van der Waals surface area contributed by atoms with Gasteiger partial charge in [0.25, 0.3) is 0 Å². The van der Waals surface area contributed by atoms with E-state index >= 15 is 0 Å². The molecule has 0 aromatic rings. The van der Waals surface area contributed by atoms with Gasteiger partial charge in [0.2, 0.25) is 17.7 Å². The summed E-state index contributed by atoms with van der Waals surface area (Å²) in [5.41, 5.74) is 10.8. The Balaban J connectivity index is 5.14. The SMILES string of the molecule is CC[C@H](C)[C@H](N)C(=O)N[C@@H](CC(N)=O)C(=O)N[C@@H](CC(=O)O)C(=O)O. The maximum Gasteiger partial charge on any atom is 0.326 e. The first-order valence-corrected chi connectivity index (χ1v) is 7.58. The van der Waals surface area contributed by atoms with E-state index in [2.05, 4.69) is 5.32 Å². The van der Waals surface area contributed by atoms with Gasteiger partial charge in [-0.3, -0.25) is 19.2 Å². The van der Waals surface area contributed by atoms with Gasteiger partial charge < -0.3 is 32.3 Å². The average molecular weight is 360 g/mol. The van der Waals surface area contributed by atoms with Crippen LogP contribution in [0.25, 0.3) is 0 Å². The van der Waals surface area contributed by atoms with Crippen molar-refractivity contribution in [3.63, 3.8) is 0 Å². The summed E-state index contributed by atoms with van der Waals surface area (Å²) in [6.07, 6.45) is -0.865. The highest BCUT2D eigenvalue weighted by atomic mass is 16.4. The lowest BCUT2D eigenvalue weighted by Gasteiger charge is -2.23. The zero-order chi connectivity index (χ0) is 19.7. The van der Waals surface area contributed by atoms with Crippen LogP contribution >= 0.6 is 0 Å². The molecule has 11 nitrogen and oxygen atoms in total. The zero-order valence-corrected chi connectivity index (χ0v) is 14.0. The highest BCUT2D eigenvalue weighted by Gasteiger charge is 2.31. The van der Waals surface area contributed by atoms with Crippen LogP contribution in [0.15, 0.2) is 0 Å². The Morgan fingerprint density at radius 3 is 1.88 bits per heavy atom. The predicted molar refractivity (Wildman–Crippen MR) is 85.0 cm³/mol. The van der Waals surface area contributed by atoms with Gasteiger partial charge in [-0.25, -0.2) is 4.79 Å². The van der Waals surface area contributed by atoms with Crippen molar-refractivity contribution >= 4 is 29.7 Å². The number of primary amides is 1. The second-order valence-corrected chi connectivity index (χ2v) is 5.64. The lowest BCUT2D eigenvalue weighted by molar-refractivity contribution is -0.147. The van der Waals surface area contributed by atoms with Gasteiger partial charge in [-0.1, -0.05) is 20.3 Å². The van der Waals surface area contributed by atoms with E-state index in [4.69, 9.17) is 21.7 Å². The first kappa shape index (κ1) is 22.3. The molecule has 142 valence electrons. The van der Waals surface area contributed by atoms with Gasteiger partial charge in [0, 0.05) is 0 Å². The molecule has 0 aliphatic carbocycles. The molecule has 0 aliphatic rings. The number of carboxylic acids is 2. The standard InChI is InChI=1S/C14H24N4O7/c1-3-6(2)11(16)13(23)17-7(4-9(15)19)12(22)18-8(14(24)25)5-10(20)21/h6-8,11H,3-5,16H2,1-2H3,(H2,15,19)(H,17,23)(H,18,22)(H,20,21)(H,24,25)/t6-,7-,8-,11-/m0/s1. The Kier molecular flexibility index (Phi) is 9.13. The summed E-state index contributed by atoms with van der Waals surface area (Å²) >= 11 is 0. The Hall–Kier alpha value is -2.69. The molecule has 3 amide bonds. The number of nitrogens with two attached hydrogens (primary N) is 2. The lowest BCUT2D eigenvalue weighted by atomic mass is 9.99. The maximum absolute atomic E-state index is 12.1. The molecule has 4 atom stereocenters. The molecule has 0 fully saturated rings. The third-order valence-corrected chi connectivity index (χ3v) is 3.59. The molecule has 0 aromatic carbocycles. The quantitative estimate of drug-likeness (QED) is 0.237. The molecule has 0 rings (SSSR count). The van der Waals surface area contributed by atoms with Crippen LogP contribution in [0.4, 0.5) is 0 Å². The number of hydrogen-bond donors (Lipinski definition) is 6. The van der Waals surface area contributed by atoms with Crippen molar-refractivity contribution in [3.8, 4) is 0 Å². The first-order chi connectivity index (χ1) is 11.5. The molecule has 0 unspecified atom stereocenters. The normalized spacial score (nSPS) is 15.3. The molecule has 0 saturated carbocycles. The molecule has 0 saturated heterocycles. The molecule has 0 spiro atoms. The minimum atomic E-state index is -1.72. The van der Waals surface area contributed by atoms with Crippen molar-refractivity contribution in [2.24, 2.45) is 17.4 Å². The molecule has 0 radical (unpaired) electrons. The van der Waals surface area contributed by atoms with Crippen LogP contribution in [0.5, 0.6) is 0 Å². The Labute approximate surface area is 144 Å². The van der Waals surface area contributed by atoms with Gasteiger partial charge in [0.05, 0.1) is 18.9 Å². The second-order valence-electron chi connectivity index (χ2n) is 5.64. The number of carbonyl (C=O) groups is 5. The monoisotopic (exact) mass is 360 g/mol. The van der Waals surface area contributed by atoms with E-state index in [-0.39, 0.29) is 5.92 Å². The molecular weight excluding hydrogens is 336 g/mol. The third-order valence-electron chi connectivity index (χ3n) is 3.59. The van der Waals surface area contributed by atoms with E-state index in [0.717, 1.165) is 0 Å². The molecule has 0 aromatic heterocycles. The van der Waals surface area contributed by atoms with E-state index in [9.17, 15) is 24.0 Å². The number of carbonyl (C=O) groups excluding carboxylic acids is 3. The Bertz CT molecular complexity index is 537. The van der Waals surface area contributed by atoms with Crippen LogP contribution in [-0.4, -0.2) is 58.0 Å². The van der Waals surface area contributed by atoms with Crippen LogP contribution < -0.4 is 22.1 Å². The molecule has 25 heavy (non-hydrogen) atoms. The zero-order valence-electron chi connectivity index (χ0n) is 14.0. The topological polar surface area (TPSA) is 202 Å². The van der Waals surface area contributed by atoms with Crippen molar-refractivity contribution in [1.29, 1.82) is 0 Å². The number of nitrogens with one attached hydrogen (secondary N) is 2. The number of amides is 3. The third kappa shape index (κ3) is 8.11. The van der Waals surface area contributed by atoms with Gasteiger partial charge in [-0.15, -0.1) is 0 Å². The maximum atomic E-state index is 12.1. The van der Waals surface area contributed by atoms with Crippen LogP contribution in [0.1, 0.15) is 33.1 Å². The summed E-state index contributed by atoms with van der Waals surface area (Å²) in [5, 5.41) is 21.8. The molecule has 0 bridgehead atoms. The molecule has 8 N–H and O–H groups in total. The average Bonchev–Trinajstić information content (AvgIpc) is 2.50. The van der Waals surface area contributed by atoms with Crippen LogP contribution in [-0.2, 0) is 24.0 Å². The lowest BCUT2D eigenvalue weighted by Crippen LogP contribution is -2.56.